The zero-order valence-electron chi connectivity index (χ0n) is 12.0. The number of thioether (sulfide) groups is 1. The first-order chi connectivity index (χ1) is 10.1. The van der Waals surface area contributed by atoms with Crippen molar-refractivity contribution >= 4 is 39.7 Å². The molecule has 7 heteroatoms. The third-order valence-electron chi connectivity index (χ3n) is 2.91. The van der Waals surface area contributed by atoms with Gasteiger partial charge in [0.1, 0.15) is 0 Å². The second-order valence-electron chi connectivity index (χ2n) is 4.16. The number of rotatable bonds is 3. The third kappa shape index (κ3) is 2.89. The largest absolute Gasteiger partial charge is 0.465 e. The van der Waals surface area contributed by atoms with Crippen molar-refractivity contribution < 1.29 is 14.1 Å². The number of carbonyl (C=O) groups excluding carboxylic acids is 1. The van der Waals surface area contributed by atoms with Crippen molar-refractivity contribution in [1.82, 2.24) is 4.68 Å². The Hall–Kier alpha value is -2.37. The molecule has 0 bridgehead atoms. The quantitative estimate of drug-likeness (QED) is 0.306. The fraction of sp³-hybridized carbons (Fsp3) is 0.214. The number of esters is 1. The van der Waals surface area contributed by atoms with Gasteiger partial charge in [0.2, 0.25) is 5.52 Å². The van der Waals surface area contributed by atoms with E-state index in [-0.39, 0.29) is 5.57 Å². The Morgan fingerprint density at radius 2 is 2.19 bits per heavy atom. The van der Waals surface area contributed by atoms with Crippen molar-refractivity contribution in [3.8, 4) is 0 Å². The lowest BCUT2D eigenvalue weighted by atomic mass is 10.3. The normalized spacial score (nSPS) is 11.3. The van der Waals surface area contributed by atoms with Crippen LogP contribution < -0.4 is 4.57 Å². The highest BCUT2D eigenvalue weighted by atomic mass is 32.2. The summed E-state index contributed by atoms with van der Waals surface area (Å²) in [7, 11) is 3.18. The zero-order valence-corrected chi connectivity index (χ0v) is 12.8. The number of benzene rings is 1. The Morgan fingerprint density at radius 1 is 1.48 bits per heavy atom. The van der Waals surface area contributed by atoms with Crippen LogP contribution in [0.25, 0.3) is 11.0 Å². The van der Waals surface area contributed by atoms with Gasteiger partial charge in [-0.2, -0.15) is 0 Å². The van der Waals surface area contributed by atoms with E-state index in [1.807, 2.05) is 35.9 Å². The van der Waals surface area contributed by atoms with Crippen LogP contribution >= 0.6 is 11.8 Å². The second kappa shape index (κ2) is 6.39. The highest BCUT2D eigenvalue weighted by Gasteiger charge is 2.20. The molecule has 1 N–H and O–H groups in total. The number of aromatic nitrogens is 2. The molecule has 0 atom stereocenters. The first-order valence-electron chi connectivity index (χ1n) is 6.09. The number of aryl methyl sites for hydroxylation is 1. The van der Waals surface area contributed by atoms with E-state index in [1.54, 1.807) is 17.3 Å². The number of imidazole rings is 1. The lowest BCUT2D eigenvalue weighted by molar-refractivity contribution is -0.645. The molecule has 21 heavy (non-hydrogen) atoms. The molecular weight excluding hydrogens is 288 g/mol. The SMILES string of the molecule is COC(=O)C(=C=N)/C(=N/n1c[n+](C)c2ccccc21)SC. The summed E-state index contributed by atoms with van der Waals surface area (Å²) in [5.74, 6) is 1.47. The molecule has 0 spiro atoms. The number of carbonyl (C=O) groups is 1. The topological polar surface area (TPSA) is 71.3 Å². The fourth-order valence-electron chi connectivity index (χ4n) is 1.91. The smallest absolute Gasteiger partial charge is 0.350 e. The molecule has 0 saturated heterocycles. The van der Waals surface area contributed by atoms with Crippen LogP contribution in [-0.2, 0) is 16.6 Å². The number of ether oxygens (including phenoxy) is 1. The molecule has 2 aromatic rings. The molecule has 1 aromatic heterocycles. The molecule has 0 amide bonds. The fourth-order valence-corrected chi connectivity index (χ4v) is 2.42. The number of fused-ring (bicyclic) bond motifs is 1. The molecule has 0 aliphatic carbocycles. The maximum absolute atomic E-state index is 11.7. The molecule has 0 fully saturated rings. The predicted octanol–water partition coefficient (Wildman–Crippen LogP) is 1.34. The summed E-state index contributed by atoms with van der Waals surface area (Å²) >= 11 is 1.26. The molecular formula is C14H15N4O2S+. The molecule has 2 rings (SSSR count). The standard InChI is InChI=1S/C14H15N4O2S/c1-17-9-18(12-7-5-4-6-11(12)17)16-13(21-3)10(8-15)14(19)20-2/h4-7,9,15H,1-3H3/q+1/b16-13-. The molecule has 0 aliphatic heterocycles. The molecule has 0 unspecified atom stereocenters. The Bertz CT molecular complexity index is 772. The van der Waals surface area contributed by atoms with Crippen LogP contribution in [0.15, 0.2) is 41.3 Å². The Labute approximate surface area is 126 Å². The molecule has 0 aliphatic rings. The highest BCUT2D eigenvalue weighted by molar-refractivity contribution is 8.14. The summed E-state index contributed by atoms with van der Waals surface area (Å²) < 4.78 is 8.25. The van der Waals surface area contributed by atoms with E-state index in [4.69, 9.17) is 5.41 Å². The number of hydrogen-bond donors (Lipinski definition) is 1. The van der Waals surface area contributed by atoms with Gasteiger partial charge in [-0.25, -0.2) is 9.36 Å². The summed E-state index contributed by atoms with van der Waals surface area (Å²) in [6.45, 7) is 0. The number of hydrogen-bond acceptors (Lipinski definition) is 5. The van der Waals surface area contributed by atoms with Gasteiger partial charge in [-0.1, -0.05) is 21.9 Å². The van der Waals surface area contributed by atoms with Crippen molar-refractivity contribution in [2.45, 2.75) is 0 Å². The van der Waals surface area contributed by atoms with Crippen molar-refractivity contribution in [2.24, 2.45) is 12.1 Å². The minimum Gasteiger partial charge on any atom is -0.465 e. The first-order valence-corrected chi connectivity index (χ1v) is 7.32. The van der Waals surface area contributed by atoms with Crippen LogP contribution in [0.2, 0.25) is 0 Å². The lowest BCUT2D eigenvalue weighted by Gasteiger charge is -2.01. The number of para-hydroxylation sites is 2. The first kappa shape index (κ1) is 15.0. The van der Waals surface area contributed by atoms with Crippen LogP contribution in [-0.4, -0.2) is 34.9 Å². The van der Waals surface area contributed by atoms with Gasteiger partial charge in [-0.3, -0.25) is 5.41 Å². The van der Waals surface area contributed by atoms with Gasteiger partial charge < -0.3 is 4.74 Å². The van der Waals surface area contributed by atoms with Gasteiger partial charge in [-0.15, -0.1) is 11.8 Å². The zero-order chi connectivity index (χ0) is 15.4. The maximum atomic E-state index is 11.7. The monoisotopic (exact) mass is 303 g/mol. The molecule has 0 radical (unpaired) electrons. The third-order valence-corrected chi connectivity index (χ3v) is 3.58. The van der Waals surface area contributed by atoms with Crippen molar-refractivity contribution in [2.75, 3.05) is 13.4 Å². The Kier molecular flexibility index (Phi) is 4.57. The van der Waals surface area contributed by atoms with Gasteiger partial charge >= 0.3 is 5.97 Å². The number of methoxy groups -OCH3 is 1. The Balaban J connectivity index is 2.58. The van der Waals surface area contributed by atoms with Crippen molar-refractivity contribution in [3.05, 3.63) is 36.2 Å². The van der Waals surface area contributed by atoms with Crippen molar-refractivity contribution in [3.63, 3.8) is 0 Å². The molecule has 0 saturated carbocycles. The van der Waals surface area contributed by atoms with E-state index in [9.17, 15) is 4.79 Å². The van der Waals surface area contributed by atoms with Gasteiger partial charge in [-0.05, 0) is 24.3 Å². The van der Waals surface area contributed by atoms with Gasteiger partial charge in [0, 0.05) is 0 Å². The van der Waals surface area contributed by atoms with Crippen LogP contribution in [0.5, 0.6) is 0 Å². The summed E-state index contributed by atoms with van der Waals surface area (Å²) in [5.41, 5.74) is 1.92. The molecule has 6 nitrogen and oxygen atoms in total. The average Bonchev–Trinajstić information content (AvgIpc) is 2.83. The molecule has 108 valence electrons. The van der Waals surface area contributed by atoms with E-state index < -0.39 is 5.97 Å². The summed E-state index contributed by atoms with van der Waals surface area (Å²) in [6, 6.07) is 7.78. The minimum absolute atomic E-state index is 0.00503. The average molecular weight is 303 g/mol. The van der Waals surface area contributed by atoms with Crippen LogP contribution in [0, 0.1) is 5.41 Å². The number of nitrogens with one attached hydrogen (secondary N) is 1. The number of nitrogens with zero attached hydrogens (tertiary/aromatic N) is 3. The second-order valence-corrected chi connectivity index (χ2v) is 4.96. The lowest BCUT2D eigenvalue weighted by Crippen LogP contribution is -2.25. The summed E-state index contributed by atoms with van der Waals surface area (Å²) in [4.78, 5) is 11.7. The summed E-state index contributed by atoms with van der Waals surface area (Å²) in [5, 5.41) is 12.1. The van der Waals surface area contributed by atoms with Crippen molar-refractivity contribution in [1.29, 1.82) is 5.41 Å². The highest BCUT2D eigenvalue weighted by Crippen LogP contribution is 2.14. The van der Waals surface area contributed by atoms with E-state index in [1.165, 1.54) is 18.9 Å². The van der Waals surface area contributed by atoms with E-state index in [0.717, 1.165) is 11.0 Å². The van der Waals surface area contributed by atoms with E-state index >= 15 is 0 Å². The van der Waals surface area contributed by atoms with E-state index in [0.29, 0.717) is 5.04 Å². The van der Waals surface area contributed by atoms with Crippen LogP contribution in [0.4, 0.5) is 0 Å². The molecule has 1 heterocycles. The minimum atomic E-state index is -0.626. The van der Waals surface area contributed by atoms with Gasteiger partial charge in [0.15, 0.2) is 16.1 Å². The van der Waals surface area contributed by atoms with Gasteiger partial charge in [0.25, 0.3) is 6.33 Å². The predicted molar refractivity (Wildman–Crippen MR) is 82.7 cm³/mol. The van der Waals surface area contributed by atoms with Gasteiger partial charge in [0.05, 0.1) is 14.2 Å². The molecule has 1 aromatic carbocycles. The Morgan fingerprint density at radius 3 is 2.81 bits per heavy atom. The van der Waals surface area contributed by atoms with Crippen LogP contribution in [0.1, 0.15) is 0 Å². The maximum Gasteiger partial charge on any atom is 0.350 e. The van der Waals surface area contributed by atoms with E-state index in [2.05, 4.69) is 15.7 Å². The van der Waals surface area contributed by atoms with Crippen LogP contribution in [0.3, 0.4) is 0 Å². The summed E-state index contributed by atoms with van der Waals surface area (Å²) in [6.07, 6.45) is 3.59.